The van der Waals surface area contributed by atoms with Crippen molar-refractivity contribution in [2.24, 2.45) is 4.99 Å². The van der Waals surface area contributed by atoms with Crippen molar-refractivity contribution < 1.29 is 35.9 Å². The summed E-state index contributed by atoms with van der Waals surface area (Å²) in [7, 11) is 1.19. The van der Waals surface area contributed by atoms with Crippen LogP contribution in [0.4, 0.5) is 43.4 Å². The van der Waals surface area contributed by atoms with Gasteiger partial charge in [0.15, 0.2) is 0 Å². The molecule has 0 aliphatic carbocycles. The molecule has 5 rings (SSSR count). The molecule has 0 saturated carbocycles. The standard InChI is InChI=1S/C28H24F6N4O2/c1-40-25(39)16-23-20-6-3-7-22(31)26(20)35-27(38(23)19-5-2-4-17(14-19)28(32,33)34)37-12-10-36(11-13-37)24-15-18(29)8-9-21(24)30/h2-9,14-15,23H,10-13,16H2,1H3. The summed E-state index contributed by atoms with van der Waals surface area (Å²) in [4.78, 5) is 21.9. The van der Waals surface area contributed by atoms with Crippen molar-refractivity contribution >= 4 is 29.0 Å². The van der Waals surface area contributed by atoms with E-state index in [9.17, 15) is 26.7 Å². The summed E-state index contributed by atoms with van der Waals surface area (Å²) in [6, 6.07) is 11.0. The largest absolute Gasteiger partial charge is 0.469 e. The van der Waals surface area contributed by atoms with Crippen LogP contribution >= 0.6 is 0 Å². The molecule has 0 N–H and O–H groups in total. The predicted molar refractivity (Wildman–Crippen MR) is 137 cm³/mol. The smallest absolute Gasteiger partial charge is 0.416 e. The fourth-order valence-corrected chi connectivity index (χ4v) is 5.02. The molecule has 3 aromatic carbocycles. The Morgan fingerprint density at radius 3 is 2.33 bits per heavy atom. The van der Waals surface area contributed by atoms with Gasteiger partial charge in [0.05, 0.1) is 30.8 Å². The number of piperazine rings is 1. The summed E-state index contributed by atoms with van der Waals surface area (Å²) in [5.41, 5.74) is -0.450. The second kappa shape index (κ2) is 10.7. The number of carbonyl (C=O) groups is 1. The Morgan fingerprint density at radius 1 is 0.925 bits per heavy atom. The normalized spacial score (nSPS) is 17.4. The van der Waals surface area contributed by atoms with Gasteiger partial charge in [-0.15, -0.1) is 0 Å². The second-order valence-electron chi connectivity index (χ2n) is 9.37. The summed E-state index contributed by atoms with van der Waals surface area (Å²) >= 11 is 0. The van der Waals surface area contributed by atoms with Crippen molar-refractivity contribution in [2.75, 3.05) is 43.1 Å². The lowest BCUT2D eigenvalue weighted by molar-refractivity contribution is -0.141. The Labute approximate surface area is 226 Å². The van der Waals surface area contributed by atoms with Gasteiger partial charge in [-0.1, -0.05) is 18.2 Å². The topological polar surface area (TPSA) is 48.4 Å². The highest BCUT2D eigenvalue weighted by atomic mass is 19.4. The van der Waals surface area contributed by atoms with Gasteiger partial charge in [-0.2, -0.15) is 13.2 Å². The van der Waals surface area contributed by atoms with Crippen molar-refractivity contribution in [3.8, 4) is 0 Å². The van der Waals surface area contributed by atoms with Gasteiger partial charge in [-0.25, -0.2) is 18.2 Å². The van der Waals surface area contributed by atoms with E-state index in [0.29, 0.717) is 5.56 Å². The SMILES string of the molecule is COC(=O)CC1c2cccc(F)c2N=C(N2CCN(c3cc(F)ccc3F)CC2)N1c1cccc(C(F)(F)F)c1. The van der Waals surface area contributed by atoms with E-state index in [-0.39, 0.29) is 55.6 Å². The maximum absolute atomic E-state index is 15.0. The zero-order valence-electron chi connectivity index (χ0n) is 21.3. The summed E-state index contributed by atoms with van der Waals surface area (Å²) in [6.07, 6.45) is -4.93. The lowest BCUT2D eigenvalue weighted by Crippen LogP contribution is -2.55. The van der Waals surface area contributed by atoms with E-state index in [4.69, 9.17) is 4.74 Å². The molecule has 1 unspecified atom stereocenters. The van der Waals surface area contributed by atoms with Crippen molar-refractivity contribution in [1.82, 2.24) is 4.90 Å². The number of aliphatic imine (C=N–C) groups is 1. The van der Waals surface area contributed by atoms with Crippen molar-refractivity contribution in [3.05, 3.63) is 89.2 Å². The van der Waals surface area contributed by atoms with Crippen LogP contribution in [0.5, 0.6) is 0 Å². The molecule has 6 nitrogen and oxygen atoms in total. The number of carbonyl (C=O) groups excluding carboxylic acids is 1. The van der Waals surface area contributed by atoms with Gasteiger partial charge in [0.25, 0.3) is 0 Å². The third-order valence-electron chi connectivity index (χ3n) is 6.97. The number of para-hydroxylation sites is 1. The predicted octanol–water partition coefficient (Wildman–Crippen LogP) is 6.06. The molecule has 0 aromatic heterocycles. The molecule has 0 radical (unpaired) electrons. The van der Waals surface area contributed by atoms with Crippen molar-refractivity contribution in [2.45, 2.75) is 18.6 Å². The Morgan fingerprint density at radius 2 is 1.62 bits per heavy atom. The average Bonchev–Trinajstić information content (AvgIpc) is 2.94. The third-order valence-corrected chi connectivity index (χ3v) is 6.97. The summed E-state index contributed by atoms with van der Waals surface area (Å²) < 4.78 is 89.1. The highest BCUT2D eigenvalue weighted by Gasteiger charge is 2.39. The lowest BCUT2D eigenvalue weighted by atomic mass is 9.97. The van der Waals surface area contributed by atoms with Crippen LogP contribution in [0, 0.1) is 17.5 Å². The van der Waals surface area contributed by atoms with Crippen LogP contribution in [-0.2, 0) is 15.7 Å². The first-order valence-electron chi connectivity index (χ1n) is 12.4. The number of benzene rings is 3. The van der Waals surface area contributed by atoms with Gasteiger partial charge >= 0.3 is 12.1 Å². The minimum absolute atomic E-state index is 0.0340. The van der Waals surface area contributed by atoms with Crippen LogP contribution in [0.3, 0.4) is 0 Å². The van der Waals surface area contributed by atoms with E-state index in [1.807, 2.05) is 0 Å². The molecule has 0 bridgehead atoms. The molecule has 12 heteroatoms. The molecular weight excluding hydrogens is 538 g/mol. The van der Waals surface area contributed by atoms with E-state index in [1.54, 1.807) is 15.9 Å². The van der Waals surface area contributed by atoms with Gasteiger partial charge in [-0.3, -0.25) is 4.79 Å². The molecule has 1 atom stereocenters. The number of nitrogens with zero attached hydrogens (tertiary/aromatic N) is 4. The minimum Gasteiger partial charge on any atom is -0.469 e. The van der Waals surface area contributed by atoms with E-state index in [1.165, 1.54) is 36.3 Å². The van der Waals surface area contributed by atoms with Crippen molar-refractivity contribution in [3.63, 3.8) is 0 Å². The van der Waals surface area contributed by atoms with Crippen LogP contribution in [0.25, 0.3) is 0 Å². The first kappa shape index (κ1) is 27.4. The van der Waals surface area contributed by atoms with Crippen molar-refractivity contribution in [1.29, 1.82) is 0 Å². The highest BCUT2D eigenvalue weighted by molar-refractivity contribution is 6.01. The highest BCUT2D eigenvalue weighted by Crippen LogP contribution is 2.43. The molecule has 0 spiro atoms. The molecule has 0 amide bonds. The Hall–Kier alpha value is -4.22. The number of methoxy groups -OCH3 is 1. The molecule has 3 aromatic rings. The fraction of sp³-hybridized carbons (Fsp3) is 0.286. The number of hydrogen-bond donors (Lipinski definition) is 0. The molecule has 210 valence electrons. The minimum atomic E-state index is -4.63. The average molecular weight is 563 g/mol. The number of ether oxygens (including phenoxy) is 1. The number of anilines is 2. The first-order chi connectivity index (χ1) is 19.1. The first-order valence-corrected chi connectivity index (χ1v) is 12.4. The van der Waals surface area contributed by atoms with Gasteiger partial charge in [0.2, 0.25) is 5.96 Å². The monoisotopic (exact) mass is 562 g/mol. The third kappa shape index (κ3) is 5.30. The van der Waals surface area contributed by atoms with E-state index in [2.05, 4.69) is 4.99 Å². The summed E-state index contributed by atoms with van der Waals surface area (Å²) in [5, 5.41) is 0. The fourth-order valence-electron chi connectivity index (χ4n) is 5.02. The number of fused-ring (bicyclic) bond motifs is 1. The molecule has 1 fully saturated rings. The van der Waals surface area contributed by atoms with Gasteiger partial charge in [0, 0.05) is 43.5 Å². The number of hydrogen-bond acceptors (Lipinski definition) is 6. The van der Waals surface area contributed by atoms with Crippen LogP contribution < -0.4 is 9.80 Å². The number of esters is 1. The van der Waals surface area contributed by atoms with Gasteiger partial charge < -0.3 is 19.4 Å². The zero-order valence-corrected chi connectivity index (χ0v) is 21.3. The molecule has 2 aliphatic heterocycles. The maximum Gasteiger partial charge on any atom is 0.416 e. The molecule has 2 heterocycles. The molecule has 2 aliphatic rings. The number of alkyl halides is 3. The van der Waals surface area contributed by atoms with E-state index >= 15 is 4.39 Å². The molecule has 40 heavy (non-hydrogen) atoms. The lowest BCUT2D eigenvalue weighted by Gasteiger charge is -2.45. The van der Waals surface area contributed by atoms with E-state index in [0.717, 1.165) is 30.3 Å². The molecule has 1 saturated heterocycles. The quantitative estimate of drug-likeness (QED) is 0.286. The Kier molecular flexibility index (Phi) is 7.35. The van der Waals surface area contributed by atoms with Crippen LogP contribution in [0.1, 0.15) is 23.6 Å². The number of rotatable bonds is 4. The second-order valence-corrected chi connectivity index (χ2v) is 9.37. The molecular formula is C28H24F6N4O2. The van der Waals surface area contributed by atoms with Crippen LogP contribution in [-0.4, -0.2) is 50.1 Å². The number of guanidine groups is 1. The van der Waals surface area contributed by atoms with Gasteiger partial charge in [-0.05, 0) is 36.4 Å². The van der Waals surface area contributed by atoms with E-state index < -0.39 is 41.2 Å². The van der Waals surface area contributed by atoms with Crippen LogP contribution in [0.2, 0.25) is 0 Å². The summed E-state index contributed by atoms with van der Waals surface area (Å²) in [6.45, 7) is 0.862. The van der Waals surface area contributed by atoms with Crippen LogP contribution in [0.15, 0.2) is 65.7 Å². The Balaban J connectivity index is 1.57. The van der Waals surface area contributed by atoms with Gasteiger partial charge in [0.1, 0.15) is 23.1 Å². The summed E-state index contributed by atoms with van der Waals surface area (Å²) in [5.74, 6) is -2.36. The Bertz CT molecular complexity index is 1450. The maximum atomic E-state index is 15.0. The number of halogens is 6. The zero-order chi connectivity index (χ0) is 28.6.